The van der Waals surface area contributed by atoms with Gasteiger partial charge in [-0.3, -0.25) is 4.79 Å². The molecule has 5 nitrogen and oxygen atoms in total. The highest BCUT2D eigenvalue weighted by Gasteiger charge is 2.26. The fourth-order valence-electron chi connectivity index (χ4n) is 2.18. The topological polar surface area (TPSA) is 67.6 Å². The molecule has 96 valence electrons. The molecule has 0 spiro atoms. The number of likely N-dealkylation sites (tertiary alicyclic amines) is 1. The molecule has 0 saturated carbocycles. The Labute approximate surface area is 103 Å². The zero-order valence-electron chi connectivity index (χ0n) is 10.4. The number of likely N-dealkylation sites (N-methyl/N-ethyl adjacent to an activating group) is 1. The largest absolute Gasteiger partial charge is 0.395 e. The molecule has 0 unspecified atom stereocenters. The lowest BCUT2D eigenvalue weighted by molar-refractivity contribution is -0.136. The Bertz CT molecular complexity index is 280. The number of carbonyl (C=O) groups is 1. The Hall–Kier alpha value is -1.12. The average Bonchev–Trinajstić information content (AvgIpc) is 2.36. The van der Waals surface area contributed by atoms with Crippen LogP contribution in [0.25, 0.3) is 0 Å². The summed E-state index contributed by atoms with van der Waals surface area (Å²) in [5, 5.41) is 17.3. The van der Waals surface area contributed by atoms with Gasteiger partial charge in [-0.15, -0.1) is 0 Å². The first-order chi connectivity index (χ1) is 8.19. The van der Waals surface area contributed by atoms with Gasteiger partial charge in [-0.05, 0) is 25.9 Å². The summed E-state index contributed by atoms with van der Waals surface area (Å²) in [7, 11) is 1.74. The summed E-state index contributed by atoms with van der Waals surface area (Å²) < 4.78 is 0. The van der Waals surface area contributed by atoms with E-state index in [1.54, 1.807) is 11.9 Å². The normalized spacial score (nSPS) is 17.7. The van der Waals surface area contributed by atoms with Crippen LogP contribution in [0, 0.1) is 17.2 Å². The Morgan fingerprint density at radius 2 is 2.18 bits per heavy atom. The van der Waals surface area contributed by atoms with Crippen molar-refractivity contribution in [1.29, 1.82) is 5.26 Å². The molecule has 0 aromatic carbocycles. The fourth-order valence-corrected chi connectivity index (χ4v) is 2.18. The van der Waals surface area contributed by atoms with E-state index in [1.165, 1.54) is 0 Å². The second kappa shape index (κ2) is 7.25. The van der Waals surface area contributed by atoms with Crippen molar-refractivity contribution in [3.63, 3.8) is 0 Å². The molecule has 5 heteroatoms. The van der Waals surface area contributed by atoms with Crippen LogP contribution in [0.2, 0.25) is 0 Å². The molecular formula is C12H21N3O2. The monoisotopic (exact) mass is 239 g/mol. The van der Waals surface area contributed by atoms with Crippen molar-refractivity contribution in [2.75, 3.05) is 39.8 Å². The van der Waals surface area contributed by atoms with Gasteiger partial charge in [0, 0.05) is 32.5 Å². The van der Waals surface area contributed by atoms with E-state index in [-0.39, 0.29) is 18.4 Å². The Balaban J connectivity index is 2.31. The van der Waals surface area contributed by atoms with Crippen molar-refractivity contribution in [2.45, 2.75) is 19.3 Å². The van der Waals surface area contributed by atoms with E-state index in [1.807, 2.05) is 0 Å². The standard InChI is InChI=1S/C12H21N3O2/c1-14(9-10-16)12(17)11-3-7-15(8-4-11)6-2-5-13/h11,16H,2-4,6-10H2,1H3. The van der Waals surface area contributed by atoms with Crippen molar-refractivity contribution < 1.29 is 9.90 Å². The van der Waals surface area contributed by atoms with Gasteiger partial charge in [-0.2, -0.15) is 5.26 Å². The molecule has 1 aliphatic heterocycles. The summed E-state index contributed by atoms with van der Waals surface area (Å²) in [4.78, 5) is 15.8. The number of nitrogens with zero attached hydrogens (tertiary/aromatic N) is 3. The van der Waals surface area contributed by atoms with Crippen LogP contribution >= 0.6 is 0 Å². The molecule has 0 bridgehead atoms. The van der Waals surface area contributed by atoms with E-state index in [0.29, 0.717) is 13.0 Å². The quantitative estimate of drug-likeness (QED) is 0.737. The second-order valence-electron chi connectivity index (χ2n) is 4.51. The Kier molecular flexibility index (Phi) is 5.95. The molecule has 0 aromatic rings. The van der Waals surface area contributed by atoms with Gasteiger partial charge in [0.1, 0.15) is 0 Å². The molecule has 0 aliphatic carbocycles. The van der Waals surface area contributed by atoms with Crippen LogP contribution in [0.1, 0.15) is 19.3 Å². The van der Waals surface area contributed by atoms with E-state index >= 15 is 0 Å². The van der Waals surface area contributed by atoms with Gasteiger partial charge in [-0.25, -0.2) is 0 Å². The predicted molar refractivity (Wildman–Crippen MR) is 64.1 cm³/mol. The van der Waals surface area contributed by atoms with E-state index in [4.69, 9.17) is 10.4 Å². The zero-order valence-corrected chi connectivity index (χ0v) is 10.4. The highest BCUT2D eigenvalue weighted by atomic mass is 16.3. The molecule has 1 saturated heterocycles. The summed E-state index contributed by atoms with van der Waals surface area (Å²) in [6, 6.07) is 2.14. The molecule has 1 rings (SSSR count). The minimum Gasteiger partial charge on any atom is -0.395 e. The van der Waals surface area contributed by atoms with Crippen LogP contribution in [-0.2, 0) is 4.79 Å². The van der Waals surface area contributed by atoms with E-state index < -0.39 is 0 Å². The zero-order chi connectivity index (χ0) is 12.7. The van der Waals surface area contributed by atoms with Gasteiger partial charge in [0.05, 0.1) is 12.7 Å². The third-order valence-corrected chi connectivity index (χ3v) is 3.29. The molecule has 1 aliphatic rings. The number of nitriles is 1. The first-order valence-electron chi connectivity index (χ1n) is 6.14. The number of amides is 1. The number of aliphatic hydroxyl groups is 1. The highest BCUT2D eigenvalue weighted by Crippen LogP contribution is 2.19. The van der Waals surface area contributed by atoms with Crippen LogP contribution in [0.15, 0.2) is 0 Å². The maximum atomic E-state index is 12.0. The molecular weight excluding hydrogens is 218 g/mol. The molecule has 1 amide bonds. The van der Waals surface area contributed by atoms with Crippen LogP contribution in [0.4, 0.5) is 0 Å². The maximum absolute atomic E-state index is 12.0. The first-order valence-corrected chi connectivity index (χ1v) is 6.14. The smallest absolute Gasteiger partial charge is 0.225 e. The van der Waals surface area contributed by atoms with Crippen molar-refractivity contribution in [2.24, 2.45) is 5.92 Å². The van der Waals surface area contributed by atoms with Crippen LogP contribution in [0.3, 0.4) is 0 Å². The van der Waals surface area contributed by atoms with Gasteiger partial charge < -0.3 is 14.9 Å². The van der Waals surface area contributed by atoms with Crippen LogP contribution in [0.5, 0.6) is 0 Å². The molecule has 0 atom stereocenters. The number of hydrogen-bond acceptors (Lipinski definition) is 4. The predicted octanol–water partition coefficient (Wildman–Crippen LogP) is 0.0628. The van der Waals surface area contributed by atoms with Crippen LogP contribution < -0.4 is 0 Å². The summed E-state index contributed by atoms with van der Waals surface area (Å²) >= 11 is 0. The SMILES string of the molecule is CN(CCO)C(=O)C1CCN(CCC#N)CC1. The molecule has 0 radical (unpaired) electrons. The van der Waals surface area contributed by atoms with Crippen molar-refractivity contribution in [3.05, 3.63) is 0 Å². The van der Waals surface area contributed by atoms with Gasteiger partial charge in [0.15, 0.2) is 0 Å². The number of hydrogen-bond donors (Lipinski definition) is 1. The summed E-state index contributed by atoms with van der Waals surface area (Å²) in [5.74, 6) is 0.226. The molecule has 1 fully saturated rings. The third-order valence-electron chi connectivity index (χ3n) is 3.29. The highest BCUT2D eigenvalue weighted by molar-refractivity contribution is 5.78. The first kappa shape index (κ1) is 13.9. The van der Waals surface area contributed by atoms with Crippen LogP contribution in [-0.4, -0.2) is 60.6 Å². The summed E-state index contributed by atoms with van der Waals surface area (Å²) in [6.45, 7) is 3.02. The molecule has 1 N–H and O–H groups in total. The minimum atomic E-state index is 0.0171. The fraction of sp³-hybridized carbons (Fsp3) is 0.833. The molecule has 1 heterocycles. The van der Waals surface area contributed by atoms with Gasteiger partial charge >= 0.3 is 0 Å². The van der Waals surface area contributed by atoms with E-state index in [0.717, 1.165) is 32.5 Å². The summed E-state index contributed by atoms with van der Waals surface area (Å²) in [5.41, 5.74) is 0. The van der Waals surface area contributed by atoms with Gasteiger partial charge in [-0.1, -0.05) is 0 Å². The van der Waals surface area contributed by atoms with E-state index in [2.05, 4.69) is 11.0 Å². The lowest BCUT2D eigenvalue weighted by atomic mass is 9.95. The second-order valence-corrected chi connectivity index (χ2v) is 4.51. The third kappa shape index (κ3) is 4.33. The number of carbonyl (C=O) groups excluding carboxylic acids is 1. The number of rotatable bonds is 5. The number of aliphatic hydroxyl groups excluding tert-OH is 1. The maximum Gasteiger partial charge on any atom is 0.225 e. The lowest BCUT2D eigenvalue weighted by Crippen LogP contribution is -2.42. The molecule has 0 aromatic heterocycles. The van der Waals surface area contributed by atoms with Crippen molar-refractivity contribution in [3.8, 4) is 6.07 Å². The minimum absolute atomic E-state index is 0.0171. The van der Waals surface area contributed by atoms with Crippen molar-refractivity contribution in [1.82, 2.24) is 9.80 Å². The summed E-state index contributed by atoms with van der Waals surface area (Å²) in [6.07, 6.45) is 2.28. The lowest BCUT2D eigenvalue weighted by Gasteiger charge is -2.32. The van der Waals surface area contributed by atoms with Crippen molar-refractivity contribution >= 4 is 5.91 Å². The molecule has 17 heavy (non-hydrogen) atoms. The van der Waals surface area contributed by atoms with Gasteiger partial charge in [0.2, 0.25) is 5.91 Å². The Morgan fingerprint density at radius 3 is 2.71 bits per heavy atom. The number of piperidine rings is 1. The Morgan fingerprint density at radius 1 is 1.53 bits per heavy atom. The average molecular weight is 239 g/mol. The van der Waals surface area contributed by atoms with Gasteiger partial charge in [0.25, 0.3) is 0 Å². The van der Waals surface area contributed by atoms with E-state index in [9.17, 15) is 4.79 Å².